The Hall–Kier alpha value is -2.02. The van der Waals surface area contributed by atoms with Gasteiger partial charge in [-0.3, -0.25) is 9.59 Å². The topological polar surface area (TPSA) is 76.9 Å². The molecule has 0 fully saturated rings. The number of hydrogen-bond donors (Lipinski definition) is 1. The second-order valence-electron chi connectivity index (χ2n) is 5.42. The smallest absolute Gasteiger partial charge is 0.221 e. The Balaban J connectivity index is 1.52. The van der Waals surface area contributed by atoms with Crippen LogP contribution in [0.25, 0.3) is 0 Å². The molecular formula is C15H18N4O2S. The number of carbonyl (C=O) groups excluding carboxylic acids is 2. The first kappa shape index (κ1) is 14.9. The molecule has 1 amide bonds. The van der Waals surface area contributed by atoms with Gasteiger partial charge in [-0.05, 0) is 24.8 Å². The molecule has 0 bridgehead atoms. The van der Waals surface area contributed by atoms with Crippen LogP contribution in [0.2, 0.25) is 0 Å². The van der Waals surface area contributed by atoms with Crippen molar-refractivity contribution in [2.75, 3.05) is 0 Å². The van der Waals surface area contributed by atoms with E-state index in [2.05, 4.69) is 20.1 Å². The highest BCUT2D eigenvalue weighted by Crippen LogP contribution is 2.19. The summed E-state index contributed by atoms with van der Waals surface area (Å²) in [6, 6.07) is 3.43. The molecule has 22 heavy (non-hydrogen) atoms. The van der Waals surface area contributed by atoms with Crippen LogP contribution in [0.5, 0.6) is 0 Å². The fourth-order valence-corrected chi connectivity index (χ4v) is 3.35. The van der Waals surface area contributed by atoms with E-state index < -0.39 is 0 Å². The van der Waals surface area contributed by atoms with E-state index in [4.69, 9.17) is 0 Å². The van der Waals surface area contributed by atoms with Crippen LogP contribution in [-0.4, -0.2) is 26.5 Å². The summed E-state index contributed by atoms with van der Waals surface area (Å²) in [4.78, 5) is 24.6. The predicted octanol–water partition coefficient (Wildman–Crippen LogP) is 2.13. The molecule has 1 aliphatic heterocycles. The van der Waals surface area contributed by atoms with Gasteiger partial charge in [-0.1, -0.05) is 6.07 Å². The quantitative estimate of drug-likeness (QED) is 0.828. The lowest BCUT2D eigenvalue weighted by Crippen LogP contribution is -2.28. The van der Waals surface area contributed by atoms with E-state index in [1.54, 1.807) is 6.07 Å². The van der Waals surface area contributed by atoms with Crippen molar-refractivity contribution in [3.63, 3.8) is 0 Å². The monoisotopic (exact) mass is 318 g/mol. The maximum Gasteiger partial charge on any atom is 0.221 e. The molecule has 0 unspecified atom stereocenters. The van der Waals surface area contributed by atoms with Crippen LogP contribution in [0, 0.1) is 0 Å². The van der Waals surface area contributed by atoms with Crippen molar-refractivity contribution in [3.05, 3.63) is 34.0 Å². The Morgan fingerprint density at radius 1 is 1.41 bits per heavy atom. The molecule has 2 aromatic rings. The number of aryl methyl sites for hydroxylation is 1. The number of ketones is 1. The molecule has 0 spiro atoms. The van der Waals surface area contributed by atoms with Crippen LogP contribution >= 0.6 is 11.3 Å². The molecule has 1 N–H and O–H groups in total. The number of fused-ring (bicyclic) bond motifs is 1. The normalized spacial score (nSPS) is 14.6. The van der Waals surface area contributed by atoms with Crippen molar-refractivity contribution in [1.82, 2.24) is 20.1 Å². The zero-order valence-electron chi connectivity index (χ0n) is 12.4. The lowest BCUT2D eigenvalue weighted by Gasteiger charge is -2.13. The molecule has 7 heteroatoms. The van der Waals surface area contributed by atoms with Gasteiger partial charge in [-0.2, -0.15) is 0 Å². The molecule has 0 saturated heterocycles. The summed E-state index contributed by atoms with van der Waals surface area (Å²) in [6.07, 6.45) is 2.45. The van der Waals surface area contributed by atoms with E-state index >= 15 is 0 Å². The maximum atomic E-state index is 12.0. The van der Waals surface area contributed by atoms with Crippen LogP contribution < -0.4 is 5.32 Å². The minimum Gasteiger partial charge on any atom is -0.346 e. The van der Waals surface area contributed by atoms with E-state index in [0.29, 0.717) is 4.88 Å². The highest BCUT2D eigenvalue weighted by atomic mass is 32.1. The van der Waals surface area contributed by atoms with Crippen LogP contribution in [0.1, 0.15) is 53.5 Å². The lowest BCUT2D eigenvalue weighted by atomic mass is 10.2. The van der Waals surface area contributed by atoms with Gasteiger partial charge in [0.1, 0.15) is 5.82 Å². The van der Waals surface area contributed by atoms with Gasteiger partial charge in [-0.15, -0.1) is 21.5 Å². The Labute approximate surface area is 132 Å². The summed E-state index contributed by atoms with van der Waals surface area (Å²) in [5.74, 6) is 1.67. The molecule has 3 rings (SSSR count). The van der Waals surface area contributed by atoms with Gasteiger partial charge in [0, 0.05) is 25.8 Å². The third kappa shape index (κ3) is 3.09. The van der Waals surface area contributed by atoms with Gasteiger partial charge >= 0.3 is 0 Å². The van der Waals surface area contributed by atoms with Crippen molar-refractivity contribution in [2.24, 2.45) is 0 Å². The van der Waals surface area contributed by atoms with E-state index in [1.165, 1.54) is 11.3 Å². The predicted molar refractivity (Wildman–Crippen MR) is 82.8 cm³/mol. The fourth-order valence-electron chi connectivity index (χ4n) is 2.66. The molecule has 0 radical (unpaired) electrons. The number of amides is 1. The third-order valence-electron chi connectivity index (χ3n) is 3.78. The van der Waals surface area contributed by atoms with Gasteiger partial charge in [-0.25, -0.2) is 0 Å². The number of carbonyl (C=O) groups is 2. The molecule has 2 aromatic heterocycles. The molecule has 0 aromatic carbocycles. The molecule has 6 nitrogen and oxygen atoms in total. The SMILES string of the molecule is C[C@@H](NC(=O)CCC(=O)c1cccs1)c1nnc2n1CCC2. The average molecular weight is 318 g/mol. The first-order valence-corrected chi connectivity index (χ1v) is 8.31. The first-order valence-electron chi connectivity index (χ1n) is 7.43. The summed E-state index contributed by atoms with van der Waals surface area (Å²) in [5.41, 5.74) is 0. The fraction of sp³-hybridized carbons (Fsp3) is 0.467. The van der Waals surface area contributed by atoms with Crippen LogP contribution in [0.15, 0.2) is 17.5 Å². The standard InChI is InChI=1S/C15H18N4O2S/c1-10(15-18-17-13-5-2-8-19(13)15)16-14(21)7-6-11(20)12-4-3-9-22-12/h3-4,9-10H,2,5-8H2,1H3,(H,16,21)/t10-/m1/s1. The highest BCUT2D eigenvalue weighted by molar-refractivity contribution is 7.12. The first-order chi connectivity index (χ1) is 10.6. The summed E-state index contributed by atoms with van der Waals surface area (Å²) in [7, 11) is 0. The van der Waals surface area contributed by atoms with E-state index in [9.17, 15) is 9.59 Å². The number of thiophene rings is 1. The molecule has 1 aliphatic rings. The number of aromatic nitrogens is 3. The lowest BCUT2D eigenvalue weighted by molar-refractivity contribution is -0.121. The molecule has 1 atom stereocenters. The molecule has 3 heterocycles. The van der Waals surface area contributed by atoms with Gasteiger partial charge < -0.3 is 9.88 Å². The summed E-state index contributed by atoms with van der Waals surface area (Å²) in [6.45, 7) is 2.81. The van der Waals surface area contributed by atoms with E-state index in [1.807, 2.05) is 18.4 Å². The van der Waals surface area contributed by atoms with Gasteiger partial charge in [0.2, 0.25) is 5.91 Å². The average Bonchev–Trinajstić information content (AvgIpc) is 3.20. The van der Waals surface area contributed by atoms with Crippen molar-refractivity contribution < 1.29 is 9.59 Å². The van der Waals surface area contributed by atoms with Gasteiger partial charge in [0.05, 0.1) is 10.9 Å². The minimum atomic E-state index is -0.191. The van der Waals surface area contributed by atoms with Crippen molar-refractivity contribution >= 4 is 23.0 Å². The zero-order chi connectivity index (χ0) is 15.5. The zero-order valence-corrected chi connectivity index (χ0v) is 13.2. The van der Waals surface area contributed by atoms with Crippen LogP contribution in [0.4, 0.5) is 0 Å². The van der Waals surface area contributed by atoms with E-state index in [0.717, 1.165) is 31.0 Å². The second-order valence-corrected chi connectivity index (χ2v) is 6.37. The number of Topliss-reactive ketones (excluding diaryl/α,β-unsaturated/α-hetero) is 1. The van der Waals surface area contributed by atoms with Crippen molar-refractivity contribution in [3.8, 4) is 0 Å². The van der Waals surface area contributed by atoms with Crippen molar-refractivity contribution in [1.29, 1.82) is 0 Å². The van der Waals surface area contributed by atoms with Gasteiger partial charge in [0.25, 0.3) is 0 Å². The Bertz CT molecular complexity index is 678. The number of nitrogens with zero attached hydrogens (tertiary/aromatic N) is 3. The third-order valence-corrected chi connectivity index (χ3v) is 4.69. The van der Waals surface area contributed by atoms with E-state index in [-0.39, 0.29) is 30.6 Å². The highest BCUT2D eigenvalue weighted by Gasteiger charge is 2.22. The summed E-state index contributed by atoms with van der Waals surface area (Å²) >= 11 is 1.41. The second kappa shape index (κ2) is 6.39. The number of hydrogen-bond acceptors (Lipinski definition) is 5. The summed E-state index contributed by atoms with van der Waals surface area (Å²) < 4.78 is 2.07. The van der Waals surface area contributed by atoms with Gasteiger partial charge in [0.15, 0.2) is 11.6 Å². The maximum absolute atomic E-state index is 12.0. The molecule has 116 valence electrons. The molecule has 0 aliphatic carbocycles. The van der Waals surface area contributed by atoms with Crippen molar-refractivity contribution in [2.45, 2.75) is 45.2 Å². The Kier molecular flexibility index (Phi) is 4.33. The van der Waals surface area contributed by atoms with Crippen LogP contribution in [-0.2, 0) is 17.8 Å². The number of rotatable bonds is 6. The number of nitrogens with one attached hydrogen (secondary N) is 1. The van der Waals surface area contributed by atoms with Crippen LogP contribution in [0.3, 0.4) is 0 Å². The Morgan fingerprint density at radius 2 is 2.27 bits per heavy atom. The summed E-state index contributed by atoms with van der Waals surface area (Å²) in [5, 5.41) is 13.1. The Morgan fingerprint density at radius 3 is 3.05 bits per heavy atom. The largest absolute Gasteiger partial charge is 0.346 e. The molecular weight excluding hydrogens is 300 g/mol. The minimum absolute atomic E-state index is 0.0150. The molecule has 0 saturated carbocycles.